The first kappa shape index (κ1) is 12.1. The number of fused-ring (bicyclic) bond motifs is 1. The summed E-state index contributed by atoms with van der Waals surface area (Å²) in [5, 5.41) is 4.27. The molecule has 92 valence electrons. The molecule has 1 aliphatic heterocycles. The predicted molar refractivity (Wildman–Crippen MR) is 69.6 cm³/mol. The van der Waals surface area contributed by atoms with Gasteiger partial charge in [-0.15, -0.1) is 0 Å². The van der Waals surface area contributed by atoms with Gasteiger partial charge in [0.2, 0.25) is 0 Å². The van der Waals surface area contributed by atoms with Crippen molar-refractivity contribution in [1.82, 2.24) is 10.2 Å². The van der Waals surface area contributed by atoms with Crippen molar-refractivity contribution in [3.05, 3.63) is 0 Å². The summed E-state index contributed by atoms with van der Waals surface area (Å²) in [6.07, 6.45) is 6.61. The second kappa shape index (κ2) is 5.82. The maximum absolute atomic E-state index is 5.84. The standard InChI is InChI=1S/C12H22N2OS/c1-2-7-13-12(16)14-8-9-15-11-6-4-3-5-10(11)14/h10-11H,2-9H2,1H3,(H,13,16). The highest BCUT2D eigenvalue weighted by Crippen LogP contribution is 2.28. The molecule has 2 unspecified atom stereocenters. The first-order valence-electron chi connectivity index (χ1n) is 6.49. The zero-order valence-corrected chi connectivity index (χ0v) is 10.9. The van der Waals surface area contributed by atoms with Crippen LogP contribution in [0.15, 0.2) is 0 Å². The summed E-state index contributed by atoms with van der Waals surface area (Å²) in [5.41, 5.74) is 0. The SMILES string of the molecule is CCCNC(=S)N1CCOC2CCCCC21. The lowest BCUT2D eigenvalue weighted by Crippen LogP contribution is -2.57. The van der Waals surface area contributed by atoms with E-state index in [0.29, 0.717) is 12.1 Å². The Bertz CT molecular complexity index is 245. The Morgan fingerprint density at radius 1 is 1.44 bits per heavy atom. The smallest absolute Gasteiger partial charge is 0.169 e. The second-order valence-corrected chi connectivity index (χ2v) is 5.07. The molecule has 2 fully saturated rings. The normalized spacial score (nSPS) is 29.7. The molecule has 0 radical (unpaired) electrons. The van der Waals surface area contributed by atoms with Crippen molar-refractivity contribution < 1.29 is 4.74 Å². The average molecular weight is 242 g/mol. The number of thiocarbonyl (C=S) groups is 1. The summed E-state index contributed by atoms with van der Waals surface area (Å²) >= 11 is 5.47. The van der Waals surface area contributed by atoms with Crippen LogP contribution in [0.1, 0.15) is 39.0 Å². The molecule has 0 aromatic heterocycles. The van der Waals surface area contributed by atoms with Gasteiger partial charge in [0.15, 0.2) is 5.11 Å². The molecular formula is C12H22N2OS. The van der Waals surface area contributed by atoms with Gasteiger partial charge in [0.05, 0.1) is 18.8 Å². The van der Waals surface area contributed by atoms with Crippen LogP contribution in [0, 0.1) is 0 Å². The molecule has 3 nitrogen and oxygen atoms in total. The maximum atomic E-state index is 5.84. The highest BCUT2D eigenvalue weighted by molar-refractivity contribution is 7.80. The van der Waals surface area contributed by atoms with E-state index in [9.17, 15) is 0 Å². The monoisotopic (exact) mass is 242 g/mol. The molecule has 0 spiro atoms. The van der Waals surface area contributed by atoms with Gasteiger partial charge in [0.25, 0.3) is 0 Å². The van der Waals surface area contributed by atoms with E-state index in [2.05, 4.69) is 17.1 Å². The number of hydrogen-bond acceptors (Lipinski definition) is 2. The predicted octanol–water partition coefficient (Wildman–Crippen LogP) is 1.91. The van der Waals surface area contributed by atoms with Gasteiger partial charge in [-0.2, -0.15) is 0 Å². The Kier molecular flexibility index (Phi) is 4.41. The molecular weight excluding hydrogens is 220 g/mol. The van der Waals surface area contributed by atoms with Crippen molar-refractivity contribution in [1.29, 1.82) is 0 Å². The Morgan fingerprint density at radius 2 is 2.25 bits per heavy atom. The Balaban J connectivity index is 1.93. The lowest BCUT2D eigenvalue weighted by atomic mass is 9.90. The quantitative estimate of drug-likeness (QED) is 0.748. The van der Waals surface area contributed by atoms with Gasteiger partial charge in [-0.05, 0) is 31.5 Å². The average Bonchev–Trinajstić information content (AvgIpc) is 2.35. The number of ether oxygens (including phenoxy) is 1. The van der Waals surface area contributed by atoms with Crippen molar-refractivity contribution in [2.75, 3.05) is 19.7 Å². The van der Waals surface area contributed by atoms with Gasteiger partial charge in [-0.1, -0.05) is 19.8 Å². The molecule has 16 heavy (non-hydrogen) atoms. The molecule has 1 saturated heterocycles. The minimum absolute atomic E-state index is 0.420. The van der Waals surface area contributed by atoms with Gasteiger partial charge in [-0.3, -0.25) is 0 Å². The van der Waals surface area contributed by atoms with Gasteiger partial charge in [0.1, 0.15) is 0 Å². The van der Waals surface area contributed by atoms with E-state index in [1.165, 1.54) is 25.7 Å². The van der Waals surface area contributed by atoms with Crippen LogP contribution in [0.3, 0.4) is 0 Å². The molecule has 1 N–H and O–H groups in total. The van der Waals surface area contributed by atoms with Crippen LogP contribution in [-0.2, 0) is 4.74 Å². The lowest BCUT2D eigenvalue weighted by Gasteiger charge is -2.45. The Labute approximate surface area is 104 Å². The zero-order chi connectivity index (χ0) is 11.4. The number of nitrogens with one attached hydrogen (secondary N) is 1. The number of hydrogen-bond donors (Lipinski definition) is 1. The molecule has 2 rings (SSSR count). The molecule has 1 saturated carbocycles. The van der Waals surface area contributed by atoms with E-state index in [1.807, 2.05) is 0 Å². The van der Waals surface area contributed by atoms with E-state index >= 15 is 0 Å². The van der Waals surface area contributed by atoms with E-state index in [-0.39, 0.29) is 0 Å². The fourth-order valence-corrected chi connectivity index (χ4v) is 3.01. The number of nitrogens with zero attached hydrogens (tertiary/aromatic N) is 1. The summed E-state index contributed by atoms with van der Waals surface area (Å²) in [7, 11) is 0. The Morgan fingerprint density at radius 3 is 3.06 bits per heavy atom. The van der Waals surface area contributed by atoms with Crippen LogP contribution in [0.5, 0.6) is 0 Å². The third-order valence-electron chi connectivity index (χ3n) is 3.52. The highest BCUT2D eigenvalue weighted by Gasteiger charge is 2.35. The zero-order valence-electron chi connectivity index (χ0n) is 10.1. The molecule has 0 bridgehead atoms. The van der Waals surface area contributed by atoms with E-state index in [1.54, 1.807) is 0 Å². The minimum atomic E-state index is 0.420. The molecule has 2 aliphatic rings. The van der Waals surface area contributed by atoms with Gasteiger partial charge in [0, 0.05) is 13.1 Å². The Hall–Kier alpha value is -0.350. The maximum Gasteiger partial charge on any atom is 0.169 e. The van der Waals surface area contributed by atoms with Crippen LogP contribution < -0.4 is 5.32 Å². The van der Waals surface area contributed by atoms with E-state index in [4.69, 9.17) is 17.0 Å². The van der Waals surface area contributed by atoms with Crippen LogP contribution >= 0.6 is 12.2 Å². The van der Waals surface area contributed by atoms with Crippen molar-refractivity contribution in [3.8, 4) is 0 Å². The van der Waals surface area contributed by atoms with E-state index < -0.39 is 0 Å². The number of rotatable bonds is 2. The molecule has 4 heteroatoms. The van der Waals surface area contributed by atoms with Crippen LogP contribution in [0.4, 0.5) is 0 Å². The molecule has 1 aliphatic carbocycles. The molecule has 0 aromatic carbocycles. The second-order valence-electron chi connectivity index (χ2n) is 4.69. The highest BCUT2D eigenvalue weighted by atomic mass is 32.1. The largest absolute Gasteiger partial charge is 0.374 e. The summed E-state index contributed by atoms with van der Waals surface area (Å²) in [5.74, 6) is 0. The summed E-state index contributed by atoms with van der Waals surface area (Å²) in [6.45, 7) is 4.93. The topological polar surface area (TPSA) is 24.5 Å². The van der Waals surface area contributed by atoms with Crippen molar-refractivity contribution in [3.63, 3.8) is 0 Å². The summed E-state index contributed by atoms with van der Waals surface area (Å²) in [4.78, 5) is 2.36. The fraction of sp³-hybridized carbons (Fsp3) is 0.917. The van der Waals surface area contributed by atoms with Crippen molar-refractivity contribution >= 4 is 17.3 Å². The fourth-order valence-electron chi connectivity index (χ4n) is 2.68. The van der Waals surface area contributed by atoms with Gasteiger partial charge >= 0.3 is 0 Å². The first-order valence-corrected chi connectivity index (χ1v) is 6.90. The van der Waals surface area contributed by atoms with E-state index in [0.717, 1.165) is 31.2 Å². The van der Waals surface area contributed by atoms with Gasteiger partial charge in [-0.25, -0.2) is 0 Å². The van der Waals surface area contributed by atoms with Crippen LogP contribution in [-0.4, -0.2) is 41.9 Å². The van der Waals surface area contributed by atoms with Crippen LogP contribution in [0.2, 0.25) is 0 Å². The first-order chi connectivity index (χ1) is 7.83. The third kappa shape index (κ3) is 2.66. The lowest BCUT2D eigenvalue weighted by molar-refractivity contribution is -0.0638. The molecule has 0 aromatic rings. The summed E-state index contributed by atoms with van der Waals surface area (Å²) < 4.78 is 5.84. The molecule has 2 atom stereocenters. The molecule has 0 amide bonds. The van der Waals surface area contributed by atoms with Crippen molar-refractivity contribution in [2.45, 2.75) is 51.2 Å². The van der Waals surface area contributed by atoms with Crippen molar-refractivity contribution in [2.24, 2.45) is 0 Å². The van der Waals surface area contributed by atoms with Gasteiger partial charge < -0.3 is 15.0 Å². The number of morpholine rings is 1. The third-order valence-corrected chi connectivity index (χ3v) is 3.90. The minimum Gasteiger partial charge on any atom is -0.374 e. The molecule has 1 heterocycles. The van der Waals surface area contributed by atoms with Crippen LogP contribution in [0.25, 0.3) is 0 Å². The summed E-state index contributed by atoms with van der Waals surface area (Å²) in [6, 6.07) is 0.527.